The smallest absolute Gasteiger partial charge is 0.192 e. The van der Waals surface area contributed by atoms with E-state index in [1.807, 2.05) is 31.2 Å². The van der Waals surface area contributed by atoms with Gasteiger partial charge in [-0.2, -0.15) is 0 Å². The maximum Gasteiger partial charge on any atom is 0.192 e. The van der Waals surface area contributed by atoms with Crippen LogP contribution in [0.5, 0.6) is 0 Å². The quantitative estimate of drug-likeness (QED) is 0.271. The predicted octanol–water partition coefficient (Wildman–Crippen LogP) is 4.79. The SMILES string of the molecule is CCNC(=NCc1csc(-c2ccccc2)n1)NCc1cc(C(C)C)no1.I. The summed E-state index contributed by atoms with van der Waals surface area (Å²) in [4.78, 5) is 9.31. The molecular formula is C20H26IN5OS. The van der Waals surface area contributed by atoms with Gasteiger partial charge in [-0.3, -0.25) is 0 Å². The summed E-state index contributed by atoms with van der Waals surface area (Å²) in [5.41, 5.74) is 3.05. The van der Waals surface area contributed by atoms with E-state index in [1.54, 1.807) is 11.3 Å². The number of halogens is 1. The fourth-order valence-corrected chi connectivity index (χ4v) is 3.27. The number of nitrogens with zero attached hydrogens (tertiary/aromatic N) is 3. The van der Waals surface area contributed by atoms with Crippen molar-refractivity contribution in [3.63, 3.8) is 0 Å². The third kappa shape index (κ3) is 6.30. The highest BCUT2D eigenvalue weighted by Crippen LogP contribution is 2.23. The highest BCUT2D eigenvalue weighted by molar-refractivity contribution is 14.0. The zero-order valence-electron chi connectivity index (χ0n) is 16.3. The Morgan fingerprint density at radius 1 is 1.21 bits per heavy atom. The number of thiazole rings is 1. The highest BCUT2D eigenvalue weighted by atomic mass is 127. The molecular weight excluding hydrogens is 485 g/mol. The van der Waals surface area contributed by atoms with E-state index in [9.17, 15) is 0 Å². The van der Waals surface area contributed by atoms with Gasteiger partial charge in [0.1, 0.15) is 5.01 Å². The average Bonchev–Trinajstić information content (AvgIpc) is 3.34. The van der Waals surface area contributed by atoms with Crippen molar-refractivity contribution < 1.29 is 4.52 Å². The van der Waals surface area contributed by atoms with Crippen molar-refractivity contribution in [2.75, 3.05) is 6.54 Å². The van der Waals surface area contributed by atoms with Gasteiger partial charge in [0.15, 0.2) is 11.7 Å². The molecule has 2 heterocycles. The molecule has 0 aliphatic heterocycles. The molecule has 0 amide bonds. The molecule has 0 bridgehead atoms. The lowest BCUT2D eigenvalue weighted by Gasteiger charge is -2.09. The van der Waals surface area contributed by atoms with Crippen LogP contribution in [0.4, 0.5) is 0 Å². The van der Waals surface area contributed by atoms with Gasteiger partial charge in [0.05, 0.1) is 24.5 Å². The van der Waals surface area contributed by atoms with E-state index < -0.39 is 0 Å². The van der Waals surface area contributed by atoms with Crippen LogP contribution in [0.3, 0.4) is 0 Å². The first-order chi connectivity index (χ1) is 13.2. The number of aromatic nitrogens is 2. The predicted molar refractivity (Wildman–Crippen MR) is 125 cm³/mol. The molecule has 0 unspecified atom stereocenters. The van der Waals surface area contributed by atoms with Gasteiger partial charge in [0.25, 0.3) is 0 Å². The zero-order valence-corrected chi connectivity index (χ0v) is 19.5. The summed E-state index contributed by atoms with van der Waals surface area (Å²) in [5.74, 6) is 1.88. The van der Waals surface area contributed by atoms with Gasteiger partial charge in [0, 0.05) is 23.6 Å². The number of guanidine groups is 1. The molecule has 0 spiro atoms. The Morgan fingerprint density at radius 2 is 2.00 bits per heavy atom. The fourth-order valence-electron chi connectivity index (χ4n) is 2.45. The largest absolute Gasteiger partial charge is 0.359 e. The van der Waals surface area contributed by atoms with Crippen LogP contribution in [0.15, 0.2) is 51.3 Å². The average molecular weight is 511 g/mol. The number of rotatable bonds is 7. The zero-order chi connectivity index (χ0) is 19.1. The molecule has 8 heteroatoms. The van der Waals surface area contributed by atoms with E-state index in [4.69, 9.17) is 4.52 Å². The highest BCUT2D eigenvalue weighted by Gasteiger charge is 2.09. The Kier molecular flexibility index (Phi) is 8.91. The summed E-state index contributed by atoms with van der Waals surface area (Å²) in [5, 5.41) is 13.7. The van der Waals surface area contributed by atoms with Gasteiger partial charge >= 0.3 is 0 Å². The van der Waals surface area contributed by atoms with Crippen molar-refractivity contribution >= 4 is 41.3 Å². The van der Waals surface area contributed by atoms with E-state index >= 15 is 0 Å². The van der Waals surface area contributed by atoms with E-state index in [0.717, 1.165) is 40.2 Å². The molecule has 0 aliphatic rings. The monoisotopic (exact) mass is 511 g/mol. The standard InChI is InChI=1S/C20H25N5OS.HI/c1-4-21-20(23-12-17-10-18(14(2)3)25-26-17)22-11-16-13-27-19(24-16)15-8-6-5-7-9-15;/h5-10,13-14H,4,11-12H2,1-3H3,(H2,21,22,23);1H. The van der Waals surface area contributed by atoms with Crippen molar-refractivity contribution in [2.24, 2.45) is 4.99 Å². The molecule has 0 saturated heterocycles. The first-order valence-electron chi connectivity index (χ1n) is 9.13. The third-order valence-corrected chi connectivity index (χ3v) is 4.85. The maximum atomic E-state index is 5.36. The lowest BCUT2D eigenvalue weighted by atomic mass is 10.1. The third-order valence-electron chi connectivity index (χ3n) is 3.91. The van der Waals surface area contributed by atoms with Crippen molar-refractivity contribution in [1.82, 2.24) is 20.8 Å². The number of hydrogen-bond acceptors (Lipinski definition) is 5. The van der Waals surface area contributed by atoms with E-state index in [2.05, 4.69) is 57.1 Å². The molecule has 3 rings (SSSR count). The van der Waals surface area contributed by atoms with Crippen molar-refractivity contribution in [2.45, 2.75) is 39.8 Å². The van der Waals surface area contributed by atoms with Gasteiger partial charge in [-0.05, 0) is 12.8 Å². The Bertz CT molecular complexity index is 876. The molecule has 0 saturated carbocycles. The second-order valence-electron chi connectivity index (χ2n) is 6.43. The van der Waals surface area contributed by atoms with Gasteiger partial charge in [-0.15, -0.1) is 35.3 Å². The first kappa shape index (κ1) is 22.4. The van der Waals surface area contributed by atoms with Crippen LogP contribution in [0, 0.1) is 0 Å². The topological polar surface area (TPSA) is 75.3 Å². The van der Waals surface area contributed by atoms with Gasteiger partial charge in [-0.1, -0.05) is 49.3 Å². The van der Waals surface area contributed by atoms with Crippen LogP contribution in [0.2, 0.25) is 0 Å². The Labute approximate surface area is 186 Å². The van der Waals surface area contributed by atoms with Crippen LogP contribution in [0.25, 0.3) is 10.6 Å². The summed E-state index contributed by atoms with van der Waals surface area (Å²) in [6.07, 6.45) is 0. The van der Waals surface area contributed by atoms with Crippen LogP contribution >= 0.6 is 35.3 Å². The normalized spacial score (nSPS) is 11.4. The Hall–Kier alpha value is -1.94. The minimum Gasteiger partial charge on any atom is -0.359 e. The van der Waals surface area contributed by atoms with Crippen LogP contribution in [-0.4, -0.2) is 22.6 Å². The lowest BCUT2D eigenvalue weighted by Crippen LogP contribution is -2.36. The summed E-state index contributed by atoms with van der Waals surface area (Å²) in [6, 6.07) is 12.2. The molecule has 0 aliphatic carbocycles. The molecule has 0 fully saturated rings. The molecule has 0 radical (unpaired) electrons. The van der Waals surface area contributed by atoms with Gasteiger partial charge in [0.2, 0.25) is 0 Å². The molecule has 3 aromatic rings. The second kappa shape index (κ2) is 11.2. The van der Waals surface area contributed by atoms with Gasteiger partial charge in [-0.25, -0.2) is 9.98 Å². The Balaban J connectivity index is 0.00000280. The molecule has 0 atom stereocenters. The maximum absolute atomic E-state index is 5.36. The summed E-state index contributed by atoms with van der Waals surface area (Å²) in [6.45, 7) is 8.07. The molecule has 150 valence electrons. The van der Waals surface area contributed by atoms with Crippen LogP contribution in [0.1, 0.15) is 43.8 Å². The first-order valence-corrected chi connectivity index (χ1v) is 10.0. The van der Waals surface area contributed by atoms with Crippen LogP contribution < -0.4 is 10.6 Å². The van der Waals surface area contributed by atoms with Crippen molar-refractivity contribution in [3.8, 4) is 10.6 Å². The minimum absolute atomic E-state index is 0. The Morgan fingerprint density at radius 3 is 2.68 bits per heavy atom. The number of nitrogens with one attached hydrogen (secondary N) is 2. The lowest BCUT2D eigenvalue weighted by molar-refractivity contribution is 0.372. The van der Waals surface area contributed by atoms with E-state index in [0.29, 0.717) is 19.0 Å². The molecule has 28 heavy (non-hydrogen) atoms. The number of aliphatic imine (C=N–C) groups is 1. The summed E-state index contributed by atoms with van der Waals surface area (Å²) in [7, 11) is 0. The van der Waals surface area contributed by atoms with Crippen LogP contribution in [-0.2, 0) is 13.1 Å². The number of hydrogen-bond donors (Lipinski definition) is 2. The molecule has 2 aromatic heterocycles. The second-order valence-corrected chi connectivity index (χ2v) is 7.29. The summed E-state index contributed by atoms with van der Waals surface area (Å²) < 4.78 is 5.36. The summed E-state index contributed by atoms with van der Waals surface area (Å²) >= 11 is 1.64. The van der Waals surface area contributed by atoms with Gasteiger partial charge < -0.3 is 15.2 Å². The molecule has 6 nitrogen and oxygen atoms in total. The molecule has 2 N–H and O–H groups in total. The van der Waals surface area contributed by atoms with E-state index in [-0.39, 0.29) is 24.0 Å². The minimum atomic E-state index is 0. The van der Waals surface area contributed by atoms with Crippen molar-refractivity contribution in [3.05, 3.63) is 58.9 Å². The van der Waals surface area contributed by atoms with Crippen molar-refractivity contribution in [1.29, 1.82) is 0 Å². The molecule has 1 aromatic carbocycles. The number of benzene rings is 1. The van der Waals surface area contributed by atoms with E-state index in [1.165, 1.54) is 0 Å². The fraction of sp³-hybridized carbons (Fsp3) is 0.350.